The number of hydrogen-bond acceptors (Lipinski definition) is 5. The Morgan fingerprint density at radius 2 is 1.79 bits per heavy atom. The smallest absolute Gasteiger partial charge is 0.420 e. The zero-order valence-corrected chi connectivity index (χ0v) is 14.7. The van der Waals surface area contributed by atoms with Crippen molar-refractivity contribution in [1.82, 2.24) is 0 Å². The fraction of sp³-hybridized carbons (Fsp3) is 0.600. The maximum atomic E-state index is 13.2. The fourth-order valence-corrected chi connectivity index (χ4v) is 2.42. The highest BCUT2D eigenvalue weighted by Crippen LogP contribution is 2.39. The van der Waals surface area contributed by atoms with Gasteiger partial charge >= 0.3 is 6.18 Å². The van der Waals surface area contributed by atoms with Crippen molar-refractivity contribution in [3.63, 3.8) is 0 Å². The van der Waals surface area contributed by atoms with Gasteiger partial charge < -0.3 is 9.47 Å². The Labute approximate surface area is 139 Å². The van der Waals surface area contributed by atoms with Gasteiger partial charge in [-0.2, -0.15) is 21.6 Å². The summed E-state index contributed by atoms with van der Waals surface area (Å²) in [6.45, 7) is 4.70. The summed E-state index contributed by atoms with van der Waals surface area (Å²) < 4.78 is 76.6. The van der Waals surface area contributed by atoms with Crippen LogP contribution in [-0.2, 0) is 20.5 Å². The summed E-state index contributed by atoms with van der Waals surface area (Å²) in [5.41, 5.74) is -0.947. The molecular formula is C15H21F3O5S. The number of ether oxygens (including phenoxy) is 2. The zero-order valence-electron chi connectivity index (χ0n) is 13.9. The molecule has 0 saturated heterocycles. The van der Waals surface area contributed by atoms with Crippen molar-refractivity contribution in [1.29, 1.82) is 0 Å². The van der Waals surface area contributed by atoms with Crippen molar-refractivity contribution >= 4 is 10.1 Å². The molecule has 0 aliphatic heterocycles. The van der Waals surface area contributed by atoms with Gasteiger partial charge in [-0.25, -0.2) is 0 Å². The van der Waals surface area contributed by atoms with Gasteiger partial charge in [-0.3, -0.25) is 4.18 Å². The predicted molar refractivity (Wildman–Crippen MR) is 82.7 cm³/mol. The van der Waals surface area contributed by atoms with E-state index < -0.39 is 28.0 Å². The van der Waals surface area contributed by atoms with Crippen molar-refractivity contribution in [3.05, 3.63) is 23.8 Å². The quantitative estimate of drug-likeness (QED) is 0.654. The first kappa shape index (κ1) is 20.6. The maximum absolute atomic E-state index is 13.2. The molecule has 1 rings (SSSR count). The summed E-state index contributed by atoms with van der Waals surface area (Å²) in [6.07, 6.45) is -4.34. The van der Waals surface area contributed by atoms with E-state index in [1.54, 1.807) is 13.8 Å². The highest BCUT2D eigenvalue weighted by atomic mass is 32.2. The lowest BCUT2D eigenvalue weighted by Gasteiger charge is -2.19. The topological polar surface area (TPSA) is 61.8 Å². The van der Waals surface area contributed by atoms with Crippen LogP contribution in [0, 0.1) is 0 Å². The first-order valence-corrected chi connectivity index (χ1v) is 9.13. The van der Waals surface area contributed by atoms with Crippen LogP contribution in [-0.4, -0.2) is 33.5 Å². The molecule has 5 nitrogen and oxygen atoms in total. The lowest BCUT2D eigenvalue weighted by molar-refractivity contribution is -0.139. The van der Waals surface area contributed by atoms with Gasteiger partial charge in [-0.15, -0.1) is 0 Å². The van der Waals surface area contributed by atoms with Crippen LogP contribution in [0.25, 0.3) is 0 Å². The molecule has 2 atom stereocenters. The Balaban J connectivity index is 2.91. The van der Waals surface area contributed by atoms with Gasteiger partial charge in [0.1, 0.15) is 29.8 Å². The Morgan fingerprint density at radius 3 is 2.29 bits per heavy atom. The van der Waals surface area contributed by atoms with Gasteiger partial charge in [-0.05, 0) is 38.5 Å². The molecule has 0 saturated carbocycles. The van der Waals surface area contributed by atoms with E-state index in [9.17, 15) is 21.6 Å². The molecule has 0 radical (unpaired) electrons. The molecule has 0 aromatic heterocycles. The molecule has 9 heteroatoms. The fourth-order valence-electron chi connectivity index (χ4n) is 1.76. The Morgan fingerprint density at radius 1 is 1.17 bits per heavy atom. The molecule has 24 heavy (non-hydrogen) atoms. The molecule has 2 unspecified atom stereocenters. The number of rotatable bonds is 8. The second-order valence-electron chi connectivity index (χ2n) is 5.41. The minimum atomic E-state index is -4.60. The largest absolute Gasteiger partial charge is 0.491 e. The van der Waals surface area contributed by atoms with Gasteiger partial charge in [0.25, 0.3) is 10.1 Å². The molecule has 0 amide bonds. The van der Waals surface area contributed by atoms with Crippen molar-refractivity contribution in [3.8, 4) is 11.5 Å². The molecule has 138 valence electrons. The number of alkyl halides is 3. The molecule has 0 spiro atoms. The van der Waals surface area contributed by atoms with Crippen molar-refractivity contribution in [2.24, 2.45) is 0 Å². The average Bonchev–Trinajstić information content (AvgIpc) is 2.43. The summed E-state index contributed by atoms with van der Waals surface area (Å²) >= 11 is 0. The summed E-state index contributed by atoms with van der Waals surface area (Å²) in [4.78, 5) is 0. The third-order valence-electron chi connectivity index (χ3n) is 2.98. The van der Waals surface area contributed by atoms with E-state index in [0.717, 1.165) is 12.3 Å². The van der Waals surface area contributed by atoms with E-state index in [1.165, 1.54) is 19.1 Å². The molecule has 0 aliphatic rings. The minimum absolute atomic E-state index is 0.0530. The highest BCUT2D eigenvalue weighted by molar-refractivity contribution is 7.86. The van der Waals surface area contributed by atoms with Crippen LogP contribution in [0.1, 0.15) is 32.8 Å². The molecule has 0 fully saturated rings. The standard InChI is InChI=1S/C15H21F3O5S/c1-5-10(2)22-14-7-6-12(8-13(14)15(16,17)18)21-9-11(3)23-24(4,19)20/h6-8,10-11H,5,9H2,1-4H3. The monoisotopic (exact) mass is 370 g/mol. The summed E-state index contributed by atoms with van der Waals surface area (Å²) in [5.74, 6) is -0.326. The second kappa shape index (κ2) is 8.06. The van der Waals surface area contributed by atoms with Crippen LogP contribution in [0.15, 0.2) is 18.2 Å². The van der Waals surface area contributed by atoms with E-state index in [-0.39, 0.29) is 24.2 Å². The normalized spacial score (nSPS) is 15.0. The van der Waals surface area contributed by atoms with E-state index in [1.807, 2.05) is 0 Å². The van der Waals surface area contributed by atoms with E-state index in [0.29, 0.717) is 6.42 Å². The van der Waals surface area contributed by atoms with Gasteiger partial charge in [0.05, 0.1) is 12.4 Å². The number of hydrogen-bond donors (Lipinski definition) is 0. The Kier molecular flexibility index (Phi) is 6.91. The minimum Gasteiger partial charge on any atom is -0.491 e. The second-order valence-corrected chi connectivity index (χ2v) is 7.02. The zero-order chi connectivity index (χ0) is 18.5. The number of benzene rings is 1. The highest BCUT2D eigenvalue weighted by Gasteiger charge is 2.35. The summed E-state index contributed by atoms with van der Waals surface area (Å²) in [5, 5.41) is 0. The van der Waals surface area contributed by atoms with Crippen LogP contribution >= 0.6 is 0 Å². The van der Waals surface area contributed by atoms with Crippen LogP contribution in [0.4, 0.5) is 13.2 Å². The van der Waals surface area contributed by atoms with Crippen molar-refractivity contribution < 1.29 is 35.2 Å². The predicted octanol–water partition coefficient (Wildman–Crippen LogP) is 3.63. The first-order chi connectivity index (χ1) is 10.9. The van der Waals surface area contributed by atoms with E-state index >= 15 is 0 Å². The molecular weight excluding hydrogens is 349 g/mol. The summed E-state index contributed by atoms with van der Waals surface area (Å²) in [7, 11) is -3.66. The molecule has 1 aromatic carbocycles. The van der Waals surface area contributed by atoms with Crippen LogP contribution in [0.2, 0.25) is 0 Å². The van der Waals surface area contributed by atoms with Gasteiger partial charge in [0, 0.05) is 0 Å². The van der Waals surface area contributed by atoms with Crippen LogP contribution < -0.4 is 9.47 Å². The van der Waals surface area contributed by atoms with Crippen LogP contribution in [0.5, 0.6) is 11.5 Å². The Bertz CT molecular complexity index is 643. The van der Waals surface area contributed by atoms with Crippen LogP contribution in [0.3, 0.4) is 0 Å². The van der Waals surface area contributed by atoms with Gasteiger partial charge in [-0.1, -0.05) is 6.92 Å². The van der Waals surface area contributed by atoms with Gasteiger partial charge in [0.2, 0.25) is 0 Å². The first-order valence-electron chi connectivity index (χ1n) is 7.31. The maximum Gasteiger partial charge on any atom is 0.420 e. The average molecular weight is 370 g/mol. The molecule has 0 aliphatic carbocycles. The Hall–Kier alpha value is -1.48. The lowest BCUT2D eigenvalue weighted by Crippen LogP contribution is -2.21. The lowest BCUT2D eigenvalue weighted by atomic mass is 10.1. The number of halogens is 3. The molecule has 0 heterocycles. The third-order valence-corrected chi connectivity index (χ3v) is 3.66. The van der Waals surface area contributed by atoms with E-state index in [2.05, 4.69) is 4.18 Å². The molecule has 0 N–H and O–H groups in total. The van der Waals surface area contributed by atoms with Gasteiger partial charge in [0.15, 0.2) is 0 Å². The third kappa shape index (κ3) is 6.96. The summed E-state index contributed by atoms with van der Waals surface area (Å²) in [6, 6.07) is 3.34. The van der Waals surface area contributed by atoms with E-state index in [4.69, 9.17) is 9.47 Å². The van der Waals surface area contributed by atoms with Crippen molar-refractivity contribution in [2.45, 2.75) is 45.6 Å². The SMILES string of the molecule is CCC(C)Oc1ccc(OCC(C)OS(C)(=O)=O)cc1C(F)(F)F. The molecule has 1 aromatic rings. The van der Waals surface area contributed by atoms with Crippen molar-refractivity contribution in [2.75, 3.05) is 12.9 Å². The molecule has 0 bridgehead atoms.